The van der Waals surface area contributed by atoms with Crippen LogP contribution in [0.25, 0.3) is 10.9 Å². The van der Waals surface area contributed by atoms with Gasteiger partial charge < -0.3 is 14.6 Å². The fourth-order valence-corrected chi connectivity index (χ4v) is 3.69. The number of nitrogens with one attached hydrogen (secondary N) is 1. The van der Waals surface area contributed by atoms with E-state index in [-0.39, 0.29) is 12.3 Å². The number of benzene rings is 2. The Morgan fingerprint density at radius 1 is 1.10 bits per heavy atom. The maximum absolute atomic E-state index is 12.8. The van der Waals surface area contributed by atoms with Crippen molar-refractivity contribution in [1.29, 1.82) is 0 Å². The van der Waals surface area contributed by atoms with E-state index in [4.69, 9.17) is 4.74 Å². The number of fused-ring (bicyclic) bond motifs is 1. The average molecular weight is 388 g/mol. The first kappa shape index (κ1) is 18.7. The van der Waals surface area contributed by atoms with Crippen LogP contribution >= 0.6 is 0 Å². The van der Waals surface area contributed by atoms with Crippen molar-refractivity contribution in [2.45, 2.75) is 20.4 Å². The van der Waals surface area contributed by atoms with Crippen molar-refractivity contribution < 1.29 is 19.1 Å². The standard InChI is InChI=1S/C23H20N2O4/c1-14-7-15(2)9-16(8-14)11-25-12-19(18-5-3-4-6-20(18)25)22(27)23(28)24-17-10-21(26)29-13-17/h3-10,12H,11,13H2,1-2H3,(H,24,28). The molecule has 0 saturated heterocycles. The zero-order chi connectivity index (χ0) is 20.5. The van der Waals surface area contributed by atoms with Crippen molar-refractivity contribution >= 4 is 28.6 Å². The molecule has 0 saturated carbocycles. The molecule has 0 unspecified atom stereocenters. The SMILES string of the molecule is Cc1cc(C)cc(Cn2cc(C(=O)C(=O)NC3=CC(=O)OC3)c3ccccc32)c1. The van der Waals surface area contributed by atoms with Gasteiger partial charge in [0, 0.05) is 29.7 Å². The second-order valence-electron chi connectivity index (χ2n) is 7.24. The number of hydrogen-bond donors (Lipinski definition) is 1. The highest BCUT2D eigenvalue weighted by Crippen LogP contribution is 2.24. The van der Waals surface area contributed by atoms with E-state index in [9.17, 15) is 14.4 Å². The van der Waals surface area contributed by atoms with Crippen molar-refractivity contribution in [2.24, 2.45) is 0 Å². The molecule has 0 aliphatic carbocycles. The number of para-hydroxylation sites is 1. The van der Waals surface area contributed by atoms with E-state index in [0.29, 0.717) is 17.5 Å². The van der Waals surface area contributed by atoms with Gasteiger partial charge in [-0.1, -0.05) is 47.5 Å². The van der Waals surface area contributed by atoms with E-state index < -0.39 is 17.7 Å². The van der Waals surface area contributed by atoms with Crippen LogP contribution in [0.2, 0.25) is 0 Å². The van der Waals surface area contributed by atoms with Crippen molar-refractivity contribution in [1.82, 2.24) is 9.88 Å². The topological polar surface area (TPSA) is 77.4 Å². The minimum absolute atomic E-state index is 0.0354. The van der Waals surface area contributed by atoms with Crippen LogP contribution in [0.1, 0.15) is 27.0 Å². The predicted molar refractivity (Wildman–Crippen MR) is 108 cm³/mol. The molecule has 2 aromatic carbocycles. The Bertz CT molecular complexity index is 1170. The number of cyclic esters (lactones) is 1. The fraction of sp³-hybridized carbons (Fsp3) is 0.174. The smallest absolute Gasteiger partial charge is 0.333 e. The highest BCUT2D eigenvalue weighted by atomic mass is 16.5. The number of rotatable bonds is 5. The quantitative estimate of drug-likeness (QED) is 0.414. The Morgan fingerprint density at radius 3 is 2.52 bits per heavy atom. The largest absolute Gasteiger partial charge is 0.456 e. The number of aryl methyl sites for hydroxylation is 2. The van der Waals surface area contributed by atoms with Crippen LogP contribution in [0.15, 0.2) is 60.4 Å². The lowest BCUT2D eigenvalue weighted by Crippen LogP contribution is -2.31. The van der Waals surface area contributed by atoms with Gasteiger partial charge in [0.2, 0.25) is 0 Å². The normalized spacial score (nSPS) is 13.3. The lowest BCUT2D eigenvalue weighted by Gasteiger charge is -2.08. The van der Waals surface area contributed by atoms with Gasteiger partial charge in [-0.05, 0) is 25.5 Å². The third-order valence-electron chi connectivity index (χ3n) is 4.81. The maximum atomic E-state index is 12.8. The first-order chi connectivity index (χ1) is 13.9. The Hall–Kier alpha value is -3.67. The minimum atomic E-state index is -0.788. The van der Waals surface area contributed by atoms with Crippen LogP contribution in [-0.4, -0.2) is 28.8 Å². The number of carbonyl (C=O) groups excluding carboxylic acids is 3. The van der Waals surface area contributed by atoms with E-state index >= 15 is 0 Å². The molecule has 6 heteroatoms. The van der Waals surface area contributed by atoms with Crippen molar-refractivity contribution in [3.05, 3.63) is 82.7 Å². The first-order valence-corrected chi connectivity index (χ1v) is 9.29. The second-order valence-corrected chi connectivity index (χ2v) is 7.24. The van der Waals surface area contributed by atoms with E-state index in [1.54, 1.807) is 6.20 Å². The van der Waals surface area contributed by atoms with E-state index in [1.807, 2.05) is 28.8 Å². The summed E-state index contributed by atoms with van der Waals surface area (Å²) < 4.78 is 6.73. The second kappa shape index (κ2) is 7.39. The molecule has 146 valence electrons. The number of amides is 1. The fourth-order valence-electron chi connectivity index (χ4n) is 3.69. The Balaban J connectivity index is 1.66. The van der Waals surface area contributed by atoms with E-state index in [0.717, 1.165) is 11.1 Å². The molecule has 1 aliphatic heterocycles. The zero-order valence-electron chi connectivity index (χ0n) is 16.2. The number of ketones is 1. The molecule has 3 aromatic rings. The number of hydrogen-bond acceptors (Lipinski definition) is 4. The molecule has 6 nitrogen and oxygen atoms in total. The number of esters is 1. The van der Waals surface area contributed by atoms with Crippen molar-refractivity contribution in [3.8, 4) is 0 Å². The van der Waals surface area contributed by atoms with Crippen molar-refractivity contribution in [3.63, 3.8) is 0 Å². The molecule has 0 bridgehead atoms. The molecule has 1 N–H and O–H groups in total. The molecule has 0 spiro atoms. The molecule has 0 atom stereocenters. The summed E-state index contributed by atoms with van der Waals surface area (Å²) in [7, 11) is 0. The monoisotopic (exact) mass is 388 g/mol. The highest BCUT2D eigenvalue weighted by Gasteiger charge is 2.24. The Labute approximate surface area is 167 Å². The number of Topliss-reactive ketones (excluding diaryl/α,β-unsaturated/α-hetero) is 1. The lowest BCUT2D eigenvalue weighted by molar-refractivity contribution is -0.135. The molecule has 29 heavy (non-hydrogen) atoms. The molecular weight excluding hydrogens is 368 g/mol. The zero-order valence-corrected chi connectivity index (χ0v) is 16.2. The predicted octanol–water partition coefficient (Wildman–Crippen LogP) is 3.05. The van der Waals surface area contributed by atoms with Gasteiger partial charge in [-0.2, -0.15) is 0 Å². The molecule has 4 rings (SSSR count). The first-order valence-electron chi connectivity index (χ1n) is 9.29. The molecule has 2 heterocycles. The Morgan fingerprint density at radius 2 is 1.83 bits per heavy atom. The average Bonchev–Trinajstić information content (AvgIpc) is 3.24. The van der Waals surface area contributed by atoms with Crippen LogP contribution < -0.4 is 5.32 Å². The Kier molecular flexibility index (Phi) is 4.76. The molecule has 1 amide bonds. The van der Waals surface area contributed by atoms with Gasteiger partial charge in [0.25, 0.3) is 11.7 Å². The summed E-state index contributed by atoms with van der Waals surface area (Å²) >= 11 is 0. The van der Waals surface area contributed by atoms with Gasteiger partial charge in [-0.25, -0.2) is 4.79 Å². The number of ether oxygens (including phenoxy) is 1. The minimum Gasteiger partial charge on any atom is -0.456 e. The van der Waals surface area contributed by atoms with Crippen molar-refractivity contribution in [2.75, 3.05) is 6.61 Å². The van der Waals surface area contributed by atoms with Crippen LogP contribution in [0.4, 0.5) is 0 Å². The van der Waals surface area contributed by atoms with Gasteiger partial charge in [0.15, 0.2) is 0 Å². The summed E-state index contributed by atoms with van der Waals surface area (Å²) in [5, 5.41) is 3.18. The lowest BCUT2D eigenvalue weighted by atomic mass is 10.1. The van der Waals surface area contributed by atoms with Gasteiger partial charge >= 0.3 is 5.97 Å². The summed E-state index contributed by atoms with van der Waals surface area (Å²) in [6, 6.07) is 13.8. The highest BCUT2D eigenvalue weighted by molar-refractivity contribution is 6.45. The van der Waals surface area contributed by atoms with Crippen LogP contribution in [0, 0.1) is 13.8 Å². The third-order valence-corrected chi connectivity index (χ3v) is 4.81. The summed E-state index contributed by atoms with van der Waals surface area (Å²) in [5.41, 5.74) is 4.96. The third kappa shape index (κ3) is 3.82. The number of carbonyl (C=O) groups is 3. The van der Waals surface area contributed by atoms with Crippen LogP contribution in [-0.2, 0) is 20.9 Å². The molecule has 1 aromatic heterocycles. The van der Waals surface area contributed by atoms with E-state index in [2.05, 4.69) is 37.4 Å². The number of aromatic nitrogens is 1. The van der Waals surface area contributed by atoms with Crippen LogP contribution in [0.3, 0.4) is 0 Å². The maximum Gasteiger partial charge on any atom is 0.333 e. The van der Waals surface area contributed by atoms with Gasteiger partial charge in [-0.15, -0.1) is 0 Å². The van der Waals surface area contributed by atoms with Gasteiger partial charge in [0.1, 0.15) is 6.61 Å². The summed E-state index contributed by atoms with van der Waals surface area (Å²) in [5.74, 6) is -1.97. The summed E-state index contributed by atoms with van der Waals surface area (Å²) in [6.07, 6.45) is 2.89. The molecule has 0 radical (unpaired) electrons. The number of nitrogens with zero attached hydrogens (tertiary/aromatic N) is 1. The molecule has 0 fully saturated rings. The summed E-state index contributed by atoms with van der Waals surface area (Å²) in [4.78, 5) is 36.4. The van der Waals surface area contributed by atoms with Gasteiger partial charge in [-0.3, -0.25) is 9.59 Å². The summed E-state index contributed by atoms with van der Waals surface area (Å²) in [6.45, 7) is 4.66. The van der Waals surface area contributed by atoms with Crippen LogP contribution in [0.5, 0.6) is 0 Å². The molecular formula is C23H20N2O4. The molecule has 1 aliphatic rings. The van der Waals surface area contributed by atoms with Gasteiger partial charge in [0.05, 0.1) is 11.3 Å². The van der Waals surface area contributed by atoms with E-state index in [1.165, 1.54) is 17.2 Å².